The van der Waals surface area contributed by atoms with E-state index in [-0.39, 0.29) is 30.2 Å². The van der Waals surface area contributed by atoms with Crippen molar-refractivity contribution in [1.82, 2.24) is 15.2 Å². The molecule has 1 aliphatic rings. The van der Waals surface area contributed by atoms with Gasteiger partial charge in [-0.25, -0.2) is 4.39 Å². The number of hydrogen-bond acceptors (Lipinski definition) is 5. The van der Waals surface area contributed by atoms with Gasteiger partial charge in [-0.05, 0) is 72.9 Å². The standard InChI is InChI=1S/C28H25FN4O3S/c1-35-23-8-3-2-6-20(23)31-25(34)15-17-33-27(26(32-28(33)37)21-7-4-5-16-30-21)24-14-13-22(36-24)18-9-11-19(29)12-10-18/h2-14,16,26-27H,15,17H2,1H3,(H,31,34)(H,32,37)/t26-,27+/m0/s1. The number of anilines is 1. The molecule has 37 heavy (non-hydrogen) atoms. The zero-order valence-electron chi connectivity index (χ0n) is 20.1. The second-order valence-corrected chi connectivity index (χ2v) is 8.91. The number of rotatable bonds is 8. The van der Waals surface area contributed by atoms with Crippen molar-refractivity contribution in [1.29, 1.82) is 0 Å². The summed E-state index contributed by atoms with van der Waals surface area (Å²) >= 11 is 5.68. The molecule has 7 nitrogen and oxygen atoms in total. The van der Waals surface area contributed by atoms with Gasteiger partial charge in [-0.3, -0.25) is 9.78 Å². The number of nitrogens with one attached hydrogen (secondary N) is 2. The van der Waals surface area contributed by atoms with Crippen molar-refractivity contribution >= 4 is 28.9 Å². The Bertz CT molecular complexity index is 1390. The first-order chi connectivity index (χ1) is 18.0. The van der Waals surface area contributed by atoms with E-state index in [9.17, 15) is 9.18 Å². The maximum Gasteiger partial charge on any atom is 0.226 e. The number of nitrogens with zero attached hydrogens (tertiary/aromatic N) is 2. The van der Waals surface area contributed by atoms with Crippen molar-refractivity contribution < 1.29 is 18.3 Å². The third-order valence-electron chi connectivity index (χ3n) is 6.21. The molecule has 2 N–H and O–H groups in total. The van der Waals surface area contributed by atoms with E-state index in [0.29, 0.717) is 34.6 Å². The van der Waals surface area contributed by atoms with E-state index in [0.717, 1.165) is 11.3 Å². The number of aromatic nitrogens is 1. The summed E-state index contributed by atoms with van der Waals surface area (Å²) in [5.41, 5.74) is 2.17. The molecule has 1 fully saturated rings. The maximum atomic E-state index is 13.4. The number of halogens is 1. The van der Waals surface area contributed by atoms with Crippen LogP contribution in [0, 0.1) is 5.82 Å². The average molecular weight is 517 g/mol. The first-order valence-electron chi connectivity index (χ1n) is 11.8. The van der Waals surface area contributed by atoms with Gasteiger partial charge < -0.3 is 24.7 Å². The minimum Gasteiger partial charge on any atom is -0.495 e. The lowest BCUT2D eigenvalue weighted by Crippen LogP contribution is -2.32. The molecule has 1 amide bonds. The molecule has 0 bridgehead atoms. The van der Waals surface area contributed by atoms with Gasteiger partial charge in [0, 0.05) is 24.7 Å². The highest BCUT2D eigenvalue weighted by atomic mass is 32.1. The number of methoxy groups -OCH3 is 1. The molecular weight excluding hydrogens is 491 g/mol. The van der Waals surface area contributed by atoms with Crippen molar-refractivity contribution in [3.8, 4) is 17.1 Å². The molecule has 188 valence electrons. The van der Waals surface area contributed by atoms with E-state index in [1.54, 1.807) is 37.6 Å². The van der Waals surface area contributed by atoms with Gasteiger partial charge in [0.1, 0.15) is 29.1 Å². The zero-order valence-corrected chi connectivity index (χ0v) is 20.9. The Morgan fingerprint density at radius 1 is 1.11 bits per heavy atom. The molecule has 4 aromatic rings. The minimum atomic E-state index is -0.337. The van der Waals surface area contributed by atoms with Gasteiger partial charge in [-0.1, -0.05) is 18.2 Å². The van der Waals surface area contributed by atoms with Crippen LogP contribution in [0.3, 0.4) is 0 Å². The Balaban J connectivity index is 1.39. The topological polar surface area (TPSA) is 79.6 Å². The van der Waals surface area contributed by atoms with Crippen LogP contribution in [0.15, 0.2) is 89.5 Å². The molecule has 2 aromatic heterocycles. The van der Waals surface area contributed by atoms with E-state index >= 15 is 0 Å². The molecule has 0 aliphatic carbocycles. The van der Waals surface area contributed by atoms with Crippen LogP contribution in [0.2, 0.25) is 0 Å². The van der Waals surface area contributed by atoms with Crippen LogP contribution in [0.1, 0.15) is 30.0 Å². The molecule has 0 spiro atoms. The van der Waals surface area contributed by atoms with E-state index in [1.807, 2.05) is 47.4 Å². The first kappa shape index (κ1) is 24.5. The Kier molecular flexibility index (Phi) is 7.14. The Morgan fingerprint density at radius 2 is 1.89 bits per heavy atom. The summed E-state index contributed by atoms with van der Waals surface area (Å²) in [5.74, 6) is 1.38. The van der Waals surface area contributed by atoms with Gasteiger partial charge in [0.2, 0.25) is 5.91 Å². The number of pyridine rings is 1. The highest BCUT2D eigenvalue weighted by Gasteiger charge is 2.41. The number of carbonyl (C=O) groups excluding carboxylic acids is 1. The summed E-state index contributed by atoms with van der Waals surface area (Å²) in [6, 6.07) is 22.2. The van der Waals surface area contributed by atoms with Crippen molar-refractivity contribution in [2.75, 3.05) is 19.0 Å². The molecule has 2 aromatic carbocycles. The second-order valence-electron chi connectivity index (χ2n) is 8.53. The van der Waals surface area contributed by atoms with Gasteiger partial charge >= 0.3 is 0 Å². The summed E-state index contributed by atoms with van der Waals surface area (Å²) in [6.07, 6.45) is 1.92. The number of hydrogen-bond donors (Lipinski definition) is 2. The molecular formula is C28H25FN4O3S. The van der Waals surface area contributed by atoms with E-state index in [1.165, 1.54) is 12.1 Å². The summed E-state index contributed by atoms with van der Waals surface area (Å²) in [4.78, 5) is 19.3. The van der Waals surface area contributed by atoms with E-state index < -0.39 is 0 Å². The van der Waals surface area contributed by atoms with Gasteiger partial charge in [0.25, 0.3) is 0 Å². The van der Waals surface area contributed by atoms with E-state index in [2.05, 4.69) is 15.6 Å². The van der Waals surface area contributed by atoms with Crippen molar-refractivity contribution in [3.05, 3.63) is 102 Å². The lowest BCUT2D eigenvalue weighted by atomic mass is 10.0. The van der Waals surface area contributed by atoms with Crippen molar-refractivity contribution in [2.24, 2.45) is 0 Å². The SMILES string of the molecule is COc1ccccc1NC(=O)CCN1C(=S)N[C@@H](c2ccccn2)[C@H]1c1ccc(-c2ccc(F)cc2)o1. The predicted octanol–water partition coefficient (Wildman–Crippen LogP) is 5.49. The highest BCUT2D eigenvalue weighted by Crippen LogP contribution is 2.40. The van der Waals surface area contributed by atoms with Crippen LogP contribution in [0.4, 0.5) is 10.1 Å². The van der Waals surface area contributed by atoms with Crippen LogP contribution < -0.4 is 15.4 Å². The number of para-hydroxylation sites is 2. The van der Waals surface area contributed by atoms with Crippen molar-refractivity contribution in [2.45, 2.75) is 18.5 Å². The monoisotopic (exact) mass is 516 g/mol. The zero-order chi connectivity index (χ0) is 25.8. The molecule has 0 radical (unpaired) electrons. The van der Waals surface area contributed by atoms with Gasteiger partial charge in [0.05, 0.1) is 24.5 Å². The van der Waals surface area contributed by atoms with Crippen LogP contribution in [0.5, 0.6) is 5.75 Å². The Morgan fingerprint density at radius 3 is 2.65 bits per heavy atom. The summed E-state index contributed by atoms with van der Waals surface area (Å²) in [7, 11) is 1.56. The average Bonchev–Trinajstić information content (AvgIpc) is 3.53. The number of benzene rings is 2. The lowest BCUT2D eigenvalue weighted by molar-refractivity contribution is -0.116. The quantitative estimate of drug-likeness (QED) is 0.300. The molecule has 1 saturated heterocycles. The molecule has 1 aliphatic heterocycles. The summed E-state index contributed by atoms with van der Waals surface area (Å²) in [6.45, 7) is 0.355. The number of carbonyl (C=O) groups is 1. The molecule has 0 saturated carbocycles. The fraction of sp³-hybridized carbons (Fsp3) is 0.179. The molecule has 3 heterocycles. The van der Waals surface area contributed by atoms with Crippen LogP contribution in [-0.2, 0) is 4.79 Å². The number of amides is 1. The number of thiocarbonyl (C=S) groups is 1. The smallest absolute Gasteiger partial charge is 0.226 e. The Hall–Kier alpha value is -4.24. The fourth-order valence-electron chi connectivity index (χ4n) is 4.42. The highest BCUT2D eigenvalue weighted by molar-refractivity contribution is 7.80. The van der Waals surface area contributed by atoms with Gasteiger partial charge in [-0.15, -0.1) is 0 Å². The van der Waals surface area contributed by atoms with Gasteiger partial charge in [0.15, 0.2) is 5.11 Å². The molecule has 9 heteroatoms. The van der Waals surface area contributed by atoms with Crippen molar-refractivity contribution in [3.63, 3.8) is 0 Å². The Labute approximate surface area is 219 Å². The molecule has 5 rings (SSSR count). The normalized spacial score (nSPS) is 16.9. The largest absolute Gasteiger partial charge is 0.495 e. The minimum absolute atomic E-state index is 0.168. The summed E-state index contributed by atoms with van der Waals surface area (Å²) in [5, 5.41) is 6.76. The van der Waals surface area contributed by atoms with E-state index in [4.69, 9.17) is 21.4 Å². The maximum absolute atomic E-state index is 13.4. The molecule has 0 unspecified atom stereocenters. The van der Waals surface area contributed by atoms with Crippen LogP contribution in [-0.4, -0.2) is 34.6 Å². The first-order valence-corrected chi connectivity index (χ1v) is 12.2. The third-order valence-corrected chi connectivity index (χ3v) is 6.56. The third kappa shape index (κ3) is 5.31. The van der Waals surface area contributed by atoms with Crippen LogP contribution in [0.25, 0.3) is 11.3 Å². The lowest BCUT2D eigenvalue weighted by Gasteiger charge is -2.26. The number of ether oxygens (including phenoxy) is 1. The second kappa shape index (κ2) is 10.8. The predicted molar refractivity (Wildman–Crippen MR) is 143 cm³/mol. The van der Waals surface area contributed by atoms with Gasteiger partial charge in [-0.2, -0.15) is 0 Å². The summed E-state index contributed by atoms with van der Waals surface area (Å²) < 4.78 is 25.0. The van der Waals surface area contributed by atoms with Crippen LogP contribution >= 0.6 is 12.2 Å². The number of furan rings is 1. The molecule has 2 atom stereocenters. The fourth-order valence-corrected chi connectivity index (χ4v) is 4.75.